The molecule has 1 aliphatic heterocycles. The molecule has 1 fully saturated rings. The van der Waals surface area contributed by atoms with Crippen molar-refractivity contribution in [1.82, 2.24) is 4.90 Å². The van der Waals surface area contributed by atoms with E-state index in [1.807, 2.05) is 0 Å². The van der Waals surface area contributed by atoms with Gasteiger partial charge in [-0.25, -0.2) is 0 Å². The molecule has 1 rings (SSSR count). The van der Waals surface area contributed by atoms with Crippen molar-refractivity contribution >= 4 is 0 Å². The second-order valence-electron chi connectivity index (χ2n) is 6.30. The summed E-state index contributed by atoms with van der Waals surface area (Å²) in [4.78, 5) is 2.63. The van der Waals surface area contributed by atoms with Crippen LogP contribution >= 0.6 is 0 Å². The molecule has 108 valence electrons. The predicted molar refractivity (Wildman–Crippen MR) is 82.0 cm³/mol. The van der Waals surface area contributed by atoms with E-state index in [-0.39, 0.29) is 0 Å². The summed E-state index contributed by atoms with van der Waals surface area (Å²) in [7, 11) is 2.34. The highest BCUT2D eigenvalue weighted by atomic mass is 15.1. The highest BCUT2D eigenvalue weighted by Gasteiger charge is 2.28. The lowest BCUT2D eigenvalue weighted by Crippen LogP contribution is -2.32. The highest BCUT2D eigenvalue weighted by Crippen LogP contribution is 2.30. The van der Waals surface area contributed by atoms with E-state index in [0.29, 0.717) is 0 Å². The predicted octanol–water partition coefficient (Wildman–Crippen LogP) is 5.25. The molecule has 1 heteroatoms. The maximum absolute atomic E-state index is 2.63. The van der Waals surface area contributed by atoms with Crippen molar-refractivity contribution in [2.24, 2.45) is 5.92 Å². The van der Waals surface area contributed by atoms with E-state index < -0.39 is 0 Å². The Morgan fingerprint density at radius 1 is 0.944 bits per heavy atom. The minimum absolute atomic E-state index is 0.905. The van der Waals surface area contributed by atoms with Gasteiger partial charge in [-0.15, -0.1) is 0 Å². The lowest BCUT2D eigenvalue weighted by Gasteiger charge is -2.29. The van der Waals surface area contributed by atoms with Gasteiger partial charge in [-0.1, -0.05) is 58.8 Å². The first kappa shape index (κ1) is 16.0. The first-order valence-corrected chi connectivity index (χ1v) is 8.49. The van der Waals surface area contributed by atoms with Crippen LogP contribution in [0, 0.1) is 5.92 Å². The fourth-order valence-electron chi connectivity index (χ4n) is 3.54. The Balaban J connectivity index is 2.26. The molecule has 0 aromatic heterocycles. The van der Waals surface area contributed by atoms with Crippen LogP contribution in [-0.2, 0) is 0 Å². The van der Waals surface area contributed by atoms with Crippen molar-refractivity contribution in [2.45, 2.75) is 90.5 Å². The third-order valence-electron chi connectivity index (χ3n) is 4.73. The maximum atomic E-state index is 2.63. The molecule has 1 heterocycles. The summed E-state index contributed by atoms with van der Waals surface area (Å²) in [5, 5.41) is 0. The van der Waals surface area contributed by atoms with Gasteiger partial charge in [0.15, 0.2) is 0 Å². The van der Waals surface area contributed by atoms with Crippen molar-refractivity contribution in [3.63, 3.8) is 0 Å². The van der Waals surface area contributed by atoms with Crippen molar-refractivity contribution < 1.29 is 0 Å². The molecule has 1 nitrogen and oxygen atoms in total. The van der Waals surface area contributed by atoms with Crippen molar-refractivity contribution in [3.8, 4) is 0 Å². The first-order chi connectivity index (χ1) is 8.79. The minimum Gasteiger partial charge on any atom is -0.303 e. The average molecular weight is 253 g/mol. The zero-order valence-electron chi connectivity index (χ0n) is 13.1. The molecule has 0 aliphatic carbocycles. The fraction of sp³-hybridized carbons (Fsp3) is 1.00. The van der Waals surface area contributed by atoms with Crippen LogP contribution in [0.5, 0.6) is 0 Å². The molecule has 1 saturated heterocycles. The third-order valence-corrected chi connectivity index (χ3v) is 4.73. The standard InChI is InChI=1S/C17H35N/c1-4-6-8-9-10-13-16(12-7-5-2)17-14-11-15-18(17)3/h16-17H,4-15H2,1-3H3. The zero-order chi connectivity index (χ0) is 13.2. The van der Waals surface area contributed by atoms with Crippen molar-refractivity contribution in [3.05, 3.63) is 0 Å². The van der Waals surface area contributed by atoms with Gasteiger partial charge in [0.05, 0.1) is 0 Å². The summed E-state index contributed by atoms with van der Waals surface area (Å²) in [5.74, 6) is 0.985. The monoisotopic (exact) mass is 253 g/mol. The third kappa shape index (κ3) is 5.73. The summed E-state index contributed by atoms with van der Waals surface area (Å²) in [5.41, 5.74) is 0. The van der Waals surface area contributed by atoms with E-state index in [2.05, 4.69) is 25.8 Å². The molecule has 0 aromatic rings. The number of unbranched alkanes of at least 4 members (excludes halogenated alkanes) is 5. The molecule has 2 atom stereocenters. The van der Waals surface area contributed by atoms with Gasteiger partial charge >= 0.3 is 0 Å². The number of hydrogen-bond donors (Lipinski definition) is 0. The van der Waals surface area contributed by atoms with Gasteiger partial charge in [0.25, 0.3) is 0 Å². The van der Waals surface area contributed by atoms with Crippen LogP contribution in [0.2, 0.25) is 0 Å². The molecule has 0 spiro atoms. The number of likely N-dealkylation sites (tertiary alicyclic amines) is 1. The van der Waals surface area contributed by atoms with E-state index in [4.69, 9.17) is 0 Å². The van der Waals surface area contributed by atoms with Crippen LogP contribution in [-0.4, -0.2) is 24.5 Å². The number of nitrogens with zero attached hydrogens (tertiary/aromatic N) is 1. The minimum atomic E-state index is 0.905. The molecule has 0 radical (unpaired) electrons. The molecule has 0 saturated carbocycles. The van der Waals surface area contributed by atoms with Crippen LogP contribution < -0.4 is 0 Å². The van der Waals surface area contributed by atoms with Gasteiger partial charge in [-0.3, -0.25) is 0 Å². The quantitative estimate of drug-likeness (QED) is 0.481. The Morgan fingerprint density at radius 2 is 1.61 bits per heavy atom. The molecule has 1 aliphatic rings. The Bertz CT molecular complexity index is 190. The molecule has 0 bridgehead atoms. The molecule has 0 amide bonds. The Labute approximate surface area is 115 Å². The summed E-state index contributed by atoms with van der Waals surface area (Å²) in [6.45, 7) is 5.97. The Morgan fingerprint density at radius 3 is 2.22 bits per heavy atom. The van der Waals surface area contributed by atoms with Crippen LogP contribution in [0.25, 0.3) is 0 Å². The molecule has 2 unspecified atom stereocenters. The van der Waals surface area contributed by atoms with Crippen LogP contribution in [0.1, 0.15) is 84.5 Å². The topological polar surface area (TPSA) is 3.24 Å². The number of hydrogen-bond acceptors (Lipinski definition) is 1. The maximum Gasteiger partial charge on any atom is 0.0121 e. The lowest BCUT2D eigenvalue weighted by atomic mass is 9.87. The van der Waals surface area contributed by atoms with Gasteiger partial charge < -0.3 is 4.90 Å². The molecule has 18 heavy (non-hydrogen) atoms. The van der Waals surface area contributed by atoms with E-state index in [0.717, 1.165) is 12.0 Å². The van der Waals surface area contributed by atoms with Gasteiger partial charge in [0.2, 0.25) is 0 Å². The largest absolute Gasteiger partial charge is 0.303 e. The van der Waals surface area contributed by atoms with Gasteiger partial charge in [0, 0.05) is 6.04 Å². The smallest absolute Gasteiger partial charge is 0.0121 e. The van der Waals surface area contributed by atoms with Crippen LogP contribution in [0.15, 0.2) is 0 Å². The van der Waals surface area contributed by atoms with E-state index in [1.165, 1.54) is 77.2 Å². The van der Waals surface area contributed by atoms with Crippen LogP contribution in [0.3, 0.4) is 0 Å². The van der Waals surface area contributed by atoms with Gasteiger partial charge in [-0.05, 0) is 45.2 Å². The molecular formula is C17H35N. The van der Waals surface area contributed by atoms with Crippen molar-refractivity contribution in [1.29, 1.82) is 0 Å². The Hall–Kier alpha value is -0.0400. The van der Waals surface area contributed by atoms with E-state index in [9.17, 15) is 0 Å². The van der Waals surface area contributed by atoms with Gasteiger partial charge in [-0.2, -0.15) is 0 Å². The summed E-state index contributed by atoms with van der Waals surface area (Å²) < 4.78 is 0. The molecular weight excluding hydrogens is 218 g/mol. The second-order valence-corrected chi connectivity index (χ2v) is 6.30. The zero-order valence-corrected chi connectivity index (χ0v) is 13.1. The fourth-order valence-corrected chi connectivity index (χ4v) is 3.54. The SMILES string of the molecule is CCCCCCCC(CCCC)C1CCCN1C. The second kappa shape index (κ2) is 9.83. The summed E-state index contributed by atoms with van der Waals surface area (Å²) >= 11 is 0. The lowest BCUT2D eigenvalue weighted by molar-refractivity contribution is 0.201. The Kier molecular flexibility index (Phi) is 8.75. The number of rotatable bonds is 10. The normalized spacial score (nSPS) is 22.5. The van der Waals surface area contributed by atoms with E-state index in [1.54, 1.807) is 0 Å². The molecule has 0 aromatic carbocycles. The average Bonchev–Trinajstić information content (AvgIpc) is 2.79. The highest BCUT2D eigenvalue weighted by molar-refractivity contribution is 4.83. The van der Waals surface area contributed by atoms with Crippen molar-refractivity contribution in [2.75, 3.05) is 13.6 Å². The summed E-state index contributed by atoms with van der Waals surface area (Å²) in [6, 6.07) is 0.905. The van der Waals surface area contributed by atoms with E-state index >= 15 is 0 Å². The van der Waals surface area contributed by atoms with Crippen LogP contribution in [0.4, 0.5) is 0 Å². The first-order valence-electron chi connectivity index (χ1n) is 8.49. The summed E-state index contributed by atoms with van der Waals surface area (Å²) in [6.07, 6.45) is 15.8. The molecule has 0 N–H and O–H groups in total. The van der Waals surface area contributed by atoms with Gasteiger partial charge in [0.1, 0.15) is 0 Å².